The summed E-state index contributed by atoms with van der Waals surface area (Å²) < 4.78 is 42.3. The van der Waals surface area contributed by atoms with Crippen molar-refractivity contribution in [2.45, 2.75) is 6.18 Å². The number of anilines is 1. The molecule has 0 N–H and O–H groups in total. The highest BCUT2D eigenvalue weighted by Crippen LogP contribution is 2.28. The van der Waals surface area contributed by atoms with Gasteiger partial charge >= 0.3 is 6.18 Å². The molecule has 1 rings (SSSR count). The lowest BCUT2D eigenvalue weighted by atomic mass is 10.1. The van der Waals surface area contributed by atoms with Gasteiger partial charge in [-0.05, 0) is 24.3 Å². The first kappa shape index (κ1) is 14.2. The number of ether oxygens (including phenoxy) is 1. The standard InChI is InChI=1S/C12H13F3N2O/c1-17(8-9(7-16)12(13,14)15)10-3-5-11(18-2)6-4-10/h3-6,9H,8H2,1-2H3. The molecule has 0 heterocycles. The molecule has 0 aliphatic carbocycles. The summed E-state index contributed by atoms with van der Waals surface area (Å²) >= 11 is 0. The van der Waals surface area contributed by atoms with E-state index < -0.39 is 18.6 Å². The molecular weight excluding hydrogens is 245 g/mol. The molecule has 6 heteroatoms. The molecule has 98 valence electrons. The van der Waals surface area contributed by atoms with Gasteiger partial charge < -0.3 is 9.64 Å². The Morgan fingerprint density at radius 3 is 2.28 bits per heavy atom. The van der Waals surface area contributed by atoms with E-state index in [1.54, 1.807) is 24.3 Å². The predicted octanol–water partition coefficient (Wildman–Crippen LogP) is 2.83. The fraction of sp³-hybridized carbons (Fsp3) is 0.417. The number of alkyl halides is 3. The maximum absolute atomic E-state index is 12.4. The molecule has 1 atom stereocenters. The van der Waals surface area contributed by atoms with E-state index in [2.05, 4.69) is 0 Å². The van der Waals surface area contributed by atoms with Crippen molar-refractivity contribution in [2.75, 3.05) is 25.6 Å². The van der Waals surface area contributed by atoms with Crippen LogP contribution in [0.3, 0.4) is 0 Å². The van der Waals surface area contributed by atoms with Crippen molar-refractivity contribution in [2.24, 2.45) is 5.92 Å². The summed E-state index contributed by atoms with van der Waals surface area (Å²) in [7, 11) is 3.02. The number of halogens is 3. The van der Waals surface area contributed by atoms with Gasteiger partial charge in [-0.1, -0.05) is 0 Å². The minimum atomic E-state index is -4.50. The number of hydrogen-bond donors (Lipinski definition) is 0. The van der Waals surface area contributed by atoms with Crippen LogP contribution in [0.2, 0.25) is 0 Å². The van der Waals surface area contributed by atoms with E-state index in [-0.39, 0.29) is 0 Å². The largest absolute Gasteiger partial charge is 0.497 e. The minimum Gasteiger partial charge on any atom is -0.497 e. The van der Waals surface area contributed by atoms with Crippen molar-refractivity contribution in [3.05, 3.63) is 24.3 Å². The van der Waals surface area contributed by atoms with E-state index in [1.165, 1.54) is 25.1 Å². The Balaban J connectivity index is 2.75. The summed E-state index contributed by atoms with van der Waals surface area (Å²) in [5, 5.41) is 8.52. The first-order valence-electron chi connectivity index (χ1n) is 5.20. The third-order valence-corrected chi connectivity index (χ3v) is 2.52. The van der Waals surface area contributed by atoms with Gasteiger partial charge in [0.2, 0.25) is 0 Å². The molecule has 0 amide bonds. The summed E-state index contributed by atoms with van der Waals surface area (Å²) in [5.41, 5.74) is 0.598. The van der Waals surface area contributed by atoms with Gasteiger partial charge in [0, 0.05) is 19.3 Å². The SMILES string of the molecule is COc1ccc(N(C)CC(C#N)C(F)(F)F)cc1. The highest BCUT2D eigenvalue weighted by atomic mass is 19.4. The number of rotatable bonds is 4. The Kier molecular flexibility index (Phi) is 4.43. The van der Waals surface area contributed by atoms with Gasteiger partial charge in [-0.15, -0.1) is 0 Å². The van der Waals surface area contributed by atoms with E-state index in [1.807, 2.05) is 0 Å². The van der Waals surface area contributed by atoms with Crippen molar-refractivity contribution in [1.29, 1.82) is 5.26 Å². The fourth-order valence-corrected chi connectivity index (χ4v) is 1.43. The molecule has 0 aliphatic rings. The maximum atomic E-state index is 12.4. The molecule has 0 saturated heterocycles. The number of nitrogens with zero attached hydrogens (tertiary/aromatic N) is 2. The smallest absolute Gasteiger partial charge is 0.406 e. The zero-order valence-electron chi connectivity index (χ0n) is 10.0. The third kappa shape index (κ3) is 3.55. The topological polar surface area (TPSA) is 36.3 Å². The van der Waals surface area contributed by atoms with Crippen LogP contribution in [0, 0.1) is 17.2 Å². The van der Waals surface area contributed by atoms with E-state index in [0.717, 1.165) is 0 Å². The molecule has 1 aromatic rings. The average molecular weight is 258 g/mol. The van der Waals surface area contributed by atoms with Crippen LogP contribution in [0.15, 0.2) is 24.3 Å². The fourth-order valence-electron chi connectivity index (χ4n) is 1.43. The molecule has 0 aliphatic heterocycles. The molecule has 1 aromatic carbocycles. The number of hydrogen-bond acceptors (Lipinski definition) is 3. The summed E-state index contributed by atoms with van der Waals surface area (Å²) in [6.07, 6.45) is -4.50. The van der Waals surface area contributed by atoms with E-state index in [9.17, 15) is 13.2 Å². The number of methoxy groups -OCH3 is 1. The van der Waals surface area contributed by atoms with Crippen molar-refractivity contribution in [3.63, 3.8) is 0 Å². The van der Waals surface area contributed by atoms with Crippen LogP contribution in [-0.4, -0.2) is 26.9 Å². The van der Waals surface area contributed by atoms with Gasteiger partial charge in [0.05, 0.1) is 13.2 Å². The number of benzene rings is 1. The summed E-state index contributed by atoms with van der Waals surface area (Å²) in [6, 6.07) is 7.87. The van der Waals surface area contributed by atoms with Crippen molar-refractivity contribution in [1.82, 2.24) is 0 Å². The zero-order chi connectivity index (χ0) is 13.8. The highest BCUT2D eigenvalue weighted by Gasteiger charge is 2.40. The van der Waals surface area contributed by atoms with Gasteiger partial charge in [-0.3, -0.25) is 0 Å². The number of nitriles is 1. The van der Waals surface area contributed by atoms with Gasteiger partial charge in [0.15, 0.2) is 5.92 Å². The molecule has 0 bridgehead atoms. The Morgan fingerprint density at radius 2 is 1.89 bits per heavy atom. The molecule has 0 radical (unpaired) electrons. The summed E-state index contributed by atoms with van der Waals surface area (Å²) in [4.78, 5) is 1.39. The Bertz CT molecular complexity index is 422. The molecular formula is C12H13F3N2O. The first-order valence-corrected chi connectivity index (χ1v) is 5.20. The van der Waals surface area contributed by atoms with Crippen molar-refractivity contribution >= 4 is 5.69 Å². The van der Waals surface area contributed by atoms with Gasteiger partial charge in [-0.2, -0.15) is 18.4 Å². The normalized spacial score (nSPS) is 12.7. The second-order valence-electron chi connectivity index (χ2n) is 3.80. The van der Waals surface area contributed by atoms with Crippen molar-refractivity contribution in [3.8, 4) is 11.8 Å². The second-order valence-corrected chi connectivity index (χ2v) is 3.80. The van der Waals surface area contributed by atoms with E-state index in [4.69, 9.17) is 10.00 Å². The van der Waals surface area contributed by atoms with Crippen LogP contribution < -0.4 is 9.64 Å². The molecule has 0 saturated carbocycles. The lowest BCUT2D eigenvalue weighted by Crippen LogP contribution is -2.33. The molecule has 0 fully saturated rings. The zero-order valence-corrected chi connectivity index (χ0v) is 10.0. The average Bonchev–Trinajstić information content (AvgIpc) is 2.34. The highest BCUT2D eigenvalue weighted by molar-refractivity contribution is 5.48. The van der Waals surface area contributed by atoms with Crippen LogP contribution in [0.4, 0.5) is 18.9 Å². The Hall–Kier alpha value is -1.90. The van der Waals surface area contributed by atoms with Crippen molar-refractivity contribution < 1.29 is 17.9 Å². The quantitative estimate of drug-likeness (QED) is 0.833. The predicted molar refractivity (Wildman–Crippen MR) is 61.4 cm³/mol. The monoisotopic (exact) mass is 258 g/mol. The Labute approximate surface area is 103 Å². The van der Waals surface area contributed by atoms with E-state index in [0.29, 0.717) is 11.4 Å². The van der Waals surface area contributed by atoms with Crippen LogP contribution >= 0.6 is 0 Å². The van der Waals surface area contributed by atoms with Crippen LogP contribution in [0.5, 0.6) is 5.75 Å². The molecule has 18 heavy (non-hydrogen) atoms. The van der Waals surface area contributed by atoms with Gasteiger partial charge in [0.25, 0.3) is 0 Å². The maximum Gasteiger partial charge on any atom is 0.406 e. The van der Waals surface area contributed by atoms with Crippen LogP contribution in [-0.2, 0) is 0 Å². The summed E-state index contributed by atoms with van der Waals surface area (Å²) in [5.74, 6) is -1.37. The molecule has 0 spiro atoms. The van der Waals surface area contributed by atoms with Crippen LogP contribution in [0.25, 0.3) is 0 Å². The first-order chi connectivity index (χ1) is 8.38. The molecule has 0 aromatic heterocycles. The lowest BCUT2D eigenvalue weighted by Gasteiger charge is -2.23. The van der Waals surface area contributed by atoms with Gasteiger partial charge in [0.1, 0.15) is 5.75 Å². The van der Waals surface area contributed by atoms with Crippen LogP contribution in [0.1, 0.15) is 0 Å². The minimum absolute atomic E-state index is 0.396. The molecule has 1 unspecified atom stereocenters. The van der Waals surface area contributed by atoms with Gasteiger partial charge in [-0.25, -0.2) is 0 Å². The lowest BCUT2D eigenvalue weighted by molar-refractivity contribution is -0.156. The third-order valence-electron chi connectivity index (χ3n) is 2.52. The second kappa shape index (κ2) is 5.63. The van der Waals surface area contributed by atoms with E-state index >= 15 is 0 Å². The summed E-state index contributed by atoms with van der Waals surface area (Å²) in [6.45, 7) is -0.396. The Morgan fingerprint density at radius 1 is 1.33 bits per heavy atom. The molecule has 3 nitrogen and oxygen atoms in total.